The number of carbonyl (C=O) groups is 2. The number of nitrogens with one attached hydrogen (secondary N) is 1. The Kier molecular flexibility index (Phi) is 6.37. The molecule has 1 saturated carbocycles. The molecule has 0 radical (unpaired) electrons. The Morgan fingerprint density at radius 3 is 2.78 bits per heavy atom. The molecular weight excluding hydrogens is 346 g/mol. The van der Waals surface area contributed by atoms with Crippen LogP contribution in [0.1, 0.15) is 38.7 Å². The minimum atomic E-state index is -0.551. The lowest BCUT2D eigenvalue weighted by molar-refractivity contribution is -0.144. The maximum atomic E-state index is 12.1. The van der Waals surface area contributed by atoms with Gasteiger partial charge in [-0.15, -0.1) is 0 Å². The number of fused-ring (bicyclic) bond motifs is 1. The third-order valence-electron chi connectivity index (χ3n) is 5.38. The van der Waals surface area contributed by atoms with Crippen LogP contribution < -0.4 is 14.8 Å². The van der Waals surface area contributed by atoms with Crippen molar-refractivity contribution in [2.45, 2.75) is 39.2 Å². The highest BCUT2D eigenvalue weighted by Gasteiger charge is 2.28. The van der Waals surface area contributed by atoms with E-state index in [0.29, 0.717) is 36.5 Å². The summed E-state index contributed by atoms with van der Waals surface area (Å²) in [4.78, 5) is 23.9. The van der Waals surface area contributed by atoms with Crippen molar-refractivity contribution in [2.24, 2.45) is 11.8 Å². The van der Waals surface area contributed by atoms with Crippen LogP contribution in [0.4, 0.5) is 0 Å². The lowest BCUT2D eigenvalue weighted by Crippen LogP contribution is -2.45. The van der Waals surface area contributed by atoms with Gasteiger partial charge in [0, 0.05) is 12.1 Å². The van der Waals surface area contributed by atoms with Crippen LogP contribution in [0.2, 0.25) is 0 Å². The van der Waals surface area contributed by atoms with Gasteiger partial charge in [0.1, 0.15) is 13.2 Å². The predicted octanol–water partition coefficient (Wildman–Crippen LogP) is 2.96. The molecule has 6 heteroatoms. The molecule has 0 saturated heterocycles. The van der Waals surface area contributed by atoms with Gasteiger partial charge in [0.05, 0.1) is 0 Å². The molecule has 1 heterocycles. The van der Waals surface area contributed by atoms with Crippen molar-refractivity contribution in [2.75, 3.05) is 19.8 Å². The average Bonchev–Trinajstić information content (AvgIpc) is 2.68. The first kappa shape index (κ1) is 19.3. The summed E-state index contributed by atoms with van der Waals surface area (Å²) >= 11 is 0. The van der Waals surface area contributed by atoms with E-state index in [2.05, 4.69) is 19.2 Å². The van der Waals surface area contributed by atoms with Gasteiger partial charge in [-0.2, -0.15) is 0 Å². The van der Waals surface area contributed by atoms with Crippen molar-refractivity contribution >= 4 is 18.0 Å². The first-order valence-electron chi connectivity index (χ1n) is 9.57. The van der Waals surface area contributed by atoms with E-state index in [-0.39, 0.29) is 18.6 Å². The molecule has 0 aromatic heterocycles. The summed E-state index contributed by atoms with van der Waals surface area (Å²) < 4.78 is 16.0. The fourth-order valence-corrected chi connectivity index (χ4v) is 3.55. The normalized spacial score (nSPS) is 24.4. The summed E-state index contributed by atoms with van der Waals surface area (Å²) in [5.74, 6) is 1.59. The minimum absolute atomic E-state index is 0.160. The van der Waals surface area contributed by atoms with E-state index < -0.39 is 5.97 Å². The van der Waals surface area contributed by atoms with Crippen molar-refractivity contribution < 1.29 is 23.8 Å². The van der Waals surface area contributed by atoms with Crippen molar-refractivity contribution in [1.82, 2.24) is 5.32 Å². The fourth-order valence-electron chi connectivity index (χ4n) is 3.55. The zero-order chi connectivity index (χ0) is 19.2. The molecule has 0 spiro atoms. The standard InChI is InChI=1S/C21H27NO5/c1-14-4-3-5-17(15(14)2)22-20(23)13-27-21(24)9-7-16-6-8-18-19(12-16)26-11-10-25-18/h6-9,12,14-15,17H,3-5,10-11,13H2,1-2H3,(H,22,23)/b9-7+/t14-,15-,17-/m1/s1. The summed E-state index contributed by atoms with van der Waals surface area (Å²) in [6.45, 7) is 5.16. The number of hydrogen-bond acceptors (Lipinski definition) is 5. The van der Waals surface area contributed by atoms with E-state index in [1.807, 2.05) is 6.07 Å². The summed E-state index contributed by atoms with van der Waals surface area (Å²) in [7, 11) is 0. The number of benzene rings is 1. The molecular formula is C21H27NO5. The second-order valence-corrected chi connectivity index (χ2v) is 7.29. The van der Waals surface area contributed by atoms with Crippen molar-refractivity contribution in [3.63, 3.8) is 0 Å². The Morgan fingerprint density at radius 1 is 1.19 bits per heavy atom. The summed E-state index contributed by atoms with van der Waals surface area (Å²) in [6.07, 6.45) is 6.24. The number of esters is 1. The van der Waals surface area contributed by atoms with Crippen LogP contribution in [-0.2, 0) is 14.3 Å². The molecule has 1 aliphatic carbocycles. The van der Waals surface area contributed by atoms with Crippen LogP contribution in [0, 0.1) is 11.8 Å². The molecule has 0 unspecified atom stereocenters. The molecule has 1 aliphatic heterocycles. The molecule has 2 aliphatic rings. The zero-order valence-corrected chi connectivity index (χ0v) is 15.9. The van der Waals surface area contributed by atoms with Crippen LogP contribution >= 0.6 is 0 Å². The third kappa shape index (κ3) is 5.25. The van der Waals surface area contributed by atoms with Crippen LogP contribution in [-0.4, -0.2) is 37.7 Å². The average molecular weight is 373 g/mol. The SMILES string of the molecule is C[C@@H]1[C@H](C)CCC[C@H]1NC(=O)COC(=O)/C=C/c1ccc2c(c1)OCCO2. The summed E-state index contributed by atoms with van der Waals surface area (Å²) in [6, 6.07) is 5.60. The first-order chi connectivity index (χ1) is 13.0. The van der Waals surface area contributed by atoms with Crippen molar-refractivity contribution in [3.05, 3.63) is 29.8 Å². The molecule has 1 amide bonds. The van der Waals surface area contributed by atoms with Gasteiger partial charge in [0.25, 0.3) is 5.91 Å². The van der Waals surface area contributed by atoms with E-state index in [0.717, 1.165) is 18.4 Å². The van der Waals surface area contributed by atoms with Crippen molar-refractivity contribution in [3.8, 4) is 11.5 Å². The van der Waals surface area contributed by atoms with E-state index >= 15 is 0 Å². The van der Waals surface area contributed by atoms with Crippen LogP contribution in [0.3, 0.4) is 0 Å². The lowest BCUT2D eigenvalue weighted by Gasteiger charge is -2.34. The van der Waals surface area contributed by atoms with Gasteiger partial charge in [-0.05, 0) is 42.0 Å². The first-order valence-corrected chi connectivity index (χ1v) is 9.57. The maximum absolute atomic E-state index is 12.1. The number of rotatable bonds is 5. The van der Waals surface area contributed by atoms with Gasteiger partial charge in [-0.25, -0.2) is 4.79 Å². The van der Waals surface area contributed by atoms with E-state index in [4.69, 9.17) is 14.2 Å². The van der Waals surface area contributed by atoms with E-state index in [9.17, 15) is 9.59 Å². The predicted molar refractivity (Wildman–Crippen MR) is 102 cm³/mol. The van der Waals surface area contributed by atoms with Crippen molar-refractivity contribution in [1.29, 1.82) is 0 Å². The molecule has 1 aromatic rings. The molecule has 3 rings (SSSR count). The van der Waals surface area contributed by atoms with Crippen LogP contribution in [0.25, 0.3) is 6.08 Å². The molecule has 6 nitrogen and oxygen atoms in total. The zero-order valence-electron chi connectivity index (χ0n) is 15.9. The number of ether oxygens (including phenoxy) is 3. The van der Waals surface area contributed by atoms with Crippen LogP contribution in [0.5, 0.6) is 11.5 Å². The highest BCUT2D eigenvalue weighted by Crippen LogP contribution is 2.31. The third-order valence-corrected chi connectivity index (χ3v) is 5.38. The fraction of sp³-hybridized carbons (Fsp3) is 0.524. The quantitative estimate of drug-likeness (QED) is 0.634. The lowest BCUT2D eigenvalue weighted by atomic mass is 9.78. The second kappa shape index (κ2) is 8.93. The Hall–Kier alpha value is -2.50. The van der Waals surface area contributed by atoms with Gasteiger partial charge in [-0.1, -0.05) is 32.8 Å². The molecule has 0 bridgehead atoms. The van der Waals surface area contributed by atoms with Gasteiger partial charge in [-0.3, -0.25) is 4.79 Å². The Bertz CT molecular complexity index is 715. The number of carbonyl (C=O) groups excluding carboxylic acids is 2. The molecule has 3 atom stereocenters. The van der Waals surface area contributed by atoms with E-state index in [1.165, 1.54) is 12.5 Å². The minimum Gasteiger partial charge on any atom is -0.486 e. The highest BCUT2D eigenvalue weighted by atomic mass is 16.6. The molecule has 1 fully saturated rings. The highest BCUT2D eigenvalue weighted by molar-refractivity contribution is 5.89. The molecule has 1 aromatic carbocycles. The Morgan fingerprint density at radius 2 is 1.96 bits per heavy atom. The van der Waals surface area contributed by atoms with Crippen LogP contribution in [0.15, 0.2) is 24.3 Å². The smallest absolute Gasteiger partial charge is 0.331 e. The number of hydrogen-bond donors (Lipinski definition) is 1. The Labute approximate surface area is 159 Å². The summed E-state index contributed by atoms with van der Waals surface area (Å²) in [5.41, 5.74) is 0.797. The van der Waals surface area contributed by atoms with Gasteiger partial charge in [0.15, 0.2) is 18.1 Å². The topological polar surface area (TPSA) is 73.9 Å². The van der Waals surface area contributed by atoms with Gasteiger partial charge in [0.2, 0.25) is 0 Å². The largest absolute Gasteiger partial charge is 0.486 e. The molecule has 1 N–H and O–H groups in total. The van der Waals surface area contributed by atoms with Gasteiger partial charge >= 0.3 is 5.97 Å². The molecule has 146 valence electrons. The Balaban J connectivity index is 1.45. The summed E-state index contributed by atoms with van der Waals surface area (Å²) in [5, 5.41) is 2.99. The molecule has 27 heavy (non-hydrogen) atoms. The monoisotopic (exact) mass is 373 g/mol. The maximum Gasteiger partial charge on any atom is 0.331 e. The number of amides is 1. The van der Waals surface area contributed by atoms with Gasteiger partial charge < -0.3 is 19.5 Å². The van der Waals surface area contributed by atoms with E-state index in [1.54, 1.807) is 18.2 Å². The second-order valence-electron chi connectivity index (χ2n) is 7.29.